The average Bonchev–Trinajstić information content (AvgIpc) is 2.43. The summed E-state index contributed by atoms with van der Waals surface area (Å²) in [5.41, 5.74) is 0.395. The first kappa shape index (κ1) is 13.4. The van der Waals surface area contributed by atoms with Crippen LogP contribution in [0.4, 0.5) is 4.39 Å². The van der Waals surface area contributed by atoms with Crippen molar-refractivity contribution >= 4 is 0 Å². The molecule has 0 unspecified atom stereocenters. The van der Waals surface area contributed by atoms with Crippen LogP contribution in [0.25, 0.3) is 0 Å². The molecule has 19 heavy (non-hydrogen) atoms. The molecule has 0 aromatic heterocycles. The molecule has 3 nitrogen and oxygen atoms in total. The van der Waals surface area contributed by atoms with E-state index in [2.05, 4.69) is 0 Å². The van der Waals surface area contributed by atoms with E-state index in [0.717, 1.165) is 0 Å². The molecular formula is C15H15FO3. The lowest BCUT2D eigenvalue weighted by atomic mass is 10.2. The van der Waals surface area contributed by atoms with E-state index in [1.807, 2.05) is 19.1 Å². The first-order chi connectivity index (χ1) is 9.24. The van der Waals surface area contributed by atoms with Crippen LogP contribution < -0.4 is 9.47 Å². The van der Waals surface area contributed by atoms with E-state index in [0.29, 0.717) is 29.4 Å². The Kier molecular flexibility index (Phi) is 4.36. The van der Waals surface area contributed by atoms with Gasteiger partial charge in [-0.15, -0.1) is 0 Å². The van der Waals surface area contributed by atoms with E-state index in [9.17, 15) is 9.50 Å². The van der Waals surface area contributed by atoms with E-state index < -0.39 is 5.82 Å². The van der Waals surface area contributed by atoms with E-state index in [-0.39, 0.29) is 6.61 Å². The van der Waals surface area contributed by atoms with Gasteiger partial charge < -0.3 is 14.6 Å². The first-order valence-corrected chi connectivity index (χ1v) is 6.03. The summed E-state index contributed by atoms with van der Waals surface area (Å²) in [6, 6.07) is 11.2. The molecule has 0 spiro atoms. The monoisotopic (exact) mass is 262 g/mol. The summed E-state index contributed by atoms with van der Waals surface area (Å²) in [6.45, 7) is 2.12. The molecule has 0 amide bonds. The summed E-state index contributed by atoms with van der Waals surface area (Å²) in [6.07, 6.45) is 0. The number of hydrogen-bond donors (Lipinski definition) is 1. The highest BCUT2D eigenvalue weighted by molar-refractivity contribution is 5.44. The Morgan fingerprint density at radius 2 is 1.79 bits per heavy atom. The molecule has 2 aromatic rings. The molecule has 2 aromatic carbocycles. The highest BCUT2D eigenvalue weighted by Gasteiger charge is 2.09. The molecule has 0 radical (unpaired) electrons. The van der Waals surface area contributed by atoms with E-state index >= 15 is 0 Å². The van der Waals surface area contributed by atoms with Crippen LogP contribution in [-0.4, -0.2) is 11.7 Å². The van der Waals surface area contributed by atoms with Crippen molar-refractivity contribution in [3.8, 4) is 17.2 Å². The number of halogens is 1. The van der Waals surface area contributed by atoms with Crippen molar-refractivity contribution in [3.63, 3.8) is 0 Å². The fourth-order valence-electron chi connectivity index (χ4n) is 1.70. The largest absolute Gasteiger partial charge is 0.490 e. The Morgan fingerprint density at radius 3 is 2.47 bits per heavy atom. The number of ether oxygens (including phenoxy) is 2. The first-order valence-electron chi connectivity index (χ1n) is 6.03. The number of aliphatic hydroxyl groups is 1. The maximum Gasteiger partial charge on any atom is 0.169 e. The van der Waals surface area contributed by atoms with Crippen molar-refractivity contribution in [2.75, 3.05) is 6.61 Å². The van der Waals surface area contributed by atoms with Crippen LogP contribution in [0.3, 0.4) is 0 Å². The van der Waals surface area contributed by atoms with Crippen LogP contribution in [0.1, 0.15) is 12.5 Å². The van der Waals surface area contributed by atoms with Gasteiger partial charge in [-0.25, -0.2) is 4.39 Å². The lowest BCUT2D eigenvalue weighted by Crippen LogP contribution is -1.97. The van der Waals surface area contributed by atoms with Gasteiger partial charge in [-0.1, -0.05) is 12.1 Å². The molecule has 0 aliphatic rings. The standard InChI is InChI=1S/C15H15FO3/c1-2-18-14-5-3-4-6-15(14)19-13-8-7-12(16)9-11(13)10-17/h3-9,17H,2,10H2,1H3. The predicted octanol–water partition coefficient (Wildman–Crippen LogP) is 3.51. The SMILES string of the molecule is CCOc1ccccc1Oc1ccc(F)cc1CO. The van der Waals surface area contributed by atoms with Crippen LogP contribution in [0, 0.1) is 5.82 Å². The number of aliphatic hydroxyl groups excluding tert-OH is 1. The minimum absolute atomic E-state index is 0.288. The van der Waals surface area contributed by atoms with Crippen LogP contribution in [0.2, 0.25) is 0 Å². The van der Waals surface area contributed by atoms with Crippen LogP contribution in [-0.2, 0) is 6.61 Å². The molecule has 100 valence electrons. The minimum Gasteiger partial charge on any atom is -0.490 e. The Hall–Kier alpha value is -2.07. The zero-order valence-corrected chi connectivity index (χ0v) is 10.6. The Labute approximate surface area is 111 Å². The maximum atomic E-state index is 13.1. The van der Waals surface area contributed by atoms with Gasteiger partial charge in [0.2, 0.25) is 0 Å². The third-order valence-electron chi connectivity index (χ3n) is 2.56. The molecule has 0 saturated heterocycles. The van der Waals surface area contributed by atoms with Crippen molar-refractivity contribution in [2.24, 2.45) is 0 Å². The quantitative estimate of drug-likeness (QED) is 0.896. The maximum absolute atomic E-state index is 13.1. The van der Waals surface area contributed by atoms with Gasteiger partial charge in [-0.3, -0.25) is 0 Å². The number of hydrogen-bond acceptors (Lipinski definition) is 3. The van der Waals surface area contributed by atoms with E-state index in [4.69, 9.17) is 9.47 Å². The second kappa shape index (κ2) is 6.20. The van der Waals surface area contributed by atoms with Crippen LogP contribution >= 0.6 is 0 Å². The van der Waals surface area contributed by atoms with Crippen molar-refractivity contribution in [3.05, 3.63) is 53.8 Å². The van der Waals surface area contributed by atoms with Gasteiger partial charge in [0.15, 0.2) is 11.5 Å². The molecule has 4 heteroatoms. The summed E-state index contributed by atoms with van der Waals surface area (Å²) < 4.78 is 24.2. The summed E-state index contributed by atoms with van der Waals surface area (Å²) in [7, 11) is 0. The summed E-state index contributed by atoms with van der Waals surface area (Å²) in [5.74, 6) is 1.15. The Bertz CT molecular complexity index is 555. The van der Waals surface area contributed by atoms with Gasteiger partial charge in [-0.2, -0.15) is 0 Å². The molecule has 0 atom stereocenters. The summed E-state index contributed by atoms with van der Waals surface area (Å²) in [5, 5.41) is 9.22. The van der Waals surface area contributed by atoms with Gasteiger partial charge in [0.1, 0.15) is 11.6 Å². The predicted molar refractivity (Wildman–Crippen MR) is 70.0 cm³/mol. The molecule has 0 aliphatic heterocycles. The number of rotatable bonds is 5. The van der Waals surface area contributed by atoms with Crippen molar-refractivity contribution < 1.29 is 19.0 Å². The summed E-state index contributed by atoms with van der Waals surface area (Å²) in [4.78, 5) is 0. The fourth-order valence-corrected chi connectivity index (χ4v) is 1.70. The third-order valence-corrected chi connectivity index (χ3v) is 2.56. The zero-order valence-electron chi connectivity index (χ0n) is 10.6. The molecule has 0 aliphatic carbocycles. The number of para-hydroxylation sites is 2. The van der Waals surface area contributed by atoms with E-state index in [1.165, 1.54) is 18.2 Å². The molecule has 2 rings (SSSR count). The minimum atomic E-state index is -0.408. The second-order valence-electron chi connectivity index (χ2n) is 3.89. The lowest BCUT2D eigenvalue weighted by molar-refractivity contribution is 0.274. The molecule has 0 bridgehead atoms. The van der Waals surface area contributed by atoms with E-state index in [1.54, 1.807) is 12.1 Å². The molecule has 0 heterocycles. The average molecular weight is 262 g/mol. The third kappa shape index (κ3) is 3.23. The van der Waals surface area contributed by atoms with Crippen molar-refractivity contribution in [2.45, 2.75) is 13.5 Å². The highest BCUT2D eigenvalue weighted by atomic mass is 19.1. The van der Waals surface area contributed by atoms with Gasteiger partial charge in [0, 0.05) is 5.56 Å². The normalized spacial score (nSPS) is 10.3. The topological polar surface area (TPSA) is 38.7 Å². The summed E-state index contributed by atoms with van der Waals surface area (Å²) >= 11 is 0. The smallest absolute Gasteiger partial charge is 0.169 e. The van der Waals surface area contributed by atoms with Gasteiger partial charge in [0.25, 0.3) is 0 Å². The van der Waals surface area contributed by atoms with Crippen molar-refractivity contribution in [1.82, 2.24) is 0 Å². The molecule has 0 saturated carbocycles. The molecule has 1 N–H and O–H groups in total. The second-order valence-corrected chi connectivity index (χ2v) is 3.89. The molecule has 0 fully saturated rings. The highest BCUT2D eigenvalue weighted by Crippen LogP contribution is 2.33. The fraction of sp³-hybridized carbons (Fsp3) is 0.200. The Balaban J connectivity index is 2.30. The number of benzene rings is 2. The van der Waals surface area contributed by atoms with Gasteiger partial charge in [0.05, 0.1) is 13.2 Å². The lowest BCUT2D eigenvalue weighted by Gasteiger charge is -2.13. The zero-order chi connectivity index (χ0) is 13.7. The van der Waals surface area contributed by atoms with Crippen LogP contribution in [0.5, 0.6) is 17.2 Å². The van der Waals surface area contributed by atoms with Crippen LogP contribution in [0.15, 0.2) is 42.5 Å². The van der Waals surface area contributed by atoms with Gasteiger partial charge >= 0.3 is 0 Å². The van der Waals surface area contributed by atoms with Gasteiger partial charge in [-0.05, 0) is 37.3 Å². The van der Waals surface area contributed by atoms with Crippen molar-refractivity contribution in [1.29, 1.82) is 0 Å². The molecular weight excluding hydrogens is 247 g/mol. The Morgan fingerprint density at radius 1 is 1.05 bits per heavy atom.